The predicted octanol–water partition coefficient (Wildman–Crippen LogP) is 3.44. The number of halogens is 1. The van der Waals surface area contributed by atoms with Gasteiger partial charge in [-0.2, -0.15) is 0 Å². The van der Waals surface area contributed by atoms with E-state index in [9.17, 15) is 9.18 Å². The molecule has 1 unspecified atom stereocenters. The van der Waals surface area contributed by atoms with Crippen molar-refractivity contribution in [3.63, 3.8) is 0 Å². The van der Waals surface area contributed by atoms with E-state index in [1.165, 1.54) is 6.07 Å². The largest absolute Gasteiger partial charge is 0.466 e. The highest BCUT2D eigenvalue weighted by molar-refractivity contribution is 5.86. The Labute approximate surface area is 128 Å². The Hall–Kier alpha value is -1.88. The number of hydrogen-bond acceptors (Lipinski definition) is 3. The van der Waals surface area contributed by atoms with Gasteiger partial charge in [0.2, 0.25) is 0 Å². The molecule has 2 heterocycles. The summed E-state index contributed by atoms with van der Waals surface area (Å²) in [5, 5.41) is 0.613. The quantitative estimate of drug-likeness (QED) is 0.880. The summed E-state index contributed by atoms with van der Waals surface area (Å²) >= 11 is 0. The van der Waals surface area contributed by atoms with Crippen LogP contribution < -0.4 is 0 Å². The van der Waals surface area contributed by atoms with Crippen LogP contribution in [0.15, 0.2) is 18.2 Å². The van der Waals surface area contributed by atoms with E-state index in [4.69, 9.17) is 9.47 Å². The first-order valence-electron chi connectivity index (χ1n) is 7.70. The van der Waals surface area contributed by atoms with Crippen LogP contribution in [0.3, 0.4) is 0 Å². The van der Waals surface area contributed by atoms with E-state index in [1.807, 2.05) is 13.0 Å². The molecule has 1 aromatic heterocycles. The summed E-state index contributed by atoms with van der Waals surface area (Å²) in [7, 11) is 0. The summed E-state index contributed by atoms with van der Waals surface area (Å²) < 4.78 is 25.2. The van der Waals surface area contributed by atoms with Crippen LogP contribution in [0.5, 0.6) is 0 Å². The lowest BCUT2D eigenvalue weighted by Gasteiger charge is -2.36. The first-order chi connectivity index (χ1) is 10.6. The van der Waals surface area contributed by atoms with Gasteiger partial charge in [0, 0.05) is 10.9 Å². The van der Waals surface area contributed by atoms with E-state index >= 15 is 0 Å². The van der Waals surface area contributed by atoms with Crippen molar-refractivity contribution >= 4 is 16.9 Å². The molecule has 1 atom stereocenters. The van der Waals surface area contributed by atoms with Gasteiger partial charge < -0.3 is 14.5 Å². The van der Waals surface area contributed by atoms with Crippen LogP contribution in [-0.2, 0) is 26.3 Å². The minimum atomic E-state index is -0.759. The number of aromatic nitrogens is 1. The number of rotatable bonds is 4. The number of carbonyl (C=O) groups excluding carboxylic acids is 1. The molecule has 0 saturated carbocycles. The molecule has 5 heteroatoms. The van der Waals surface area contributed by atoms with Gasteiger partial charge in [0.25, 0.3) is 0 Å². The fraction of sp³-hybridized carbons (Fsp3) is 0.471. The maximum atomic E-state index is 14.2. The summed E-state index contributed by atoms with van der Waals surface area (Å²) in [6, 6.07) is 4.99. The Balaban J connectivity index is 2.11. The average Bonchev–Trinajstić information content (AvgIpc) is 2.89. The normalized spacial score (nSPS) is 20.9. The van der Waals surface area contributed by atoms with Gasteiger partial charge in [-0.15, -0.1) is 0 Å². The lowest BCUT2D eigenvalue weighted by atomic mass is 9.86. The first-order valence-corrected chi connectivity index (χ1v) is 7.70. The highest BCUT2D eigenvalue weighted by Gasteiger charge is 2.41. The second kappa shape index (κ2) is 5.72. The number of benzene rings is 1. The van der Waals surface area contributed by atoms with E-state index in [-0.39, 0.29) is 18.2 Å². The van der Waals surface area contributed by atoms with Crippen LogP contribution in [0.1, 0.15) is 37.9 Å². The molecule has 0 fully saturated rings. The number of carbonyl (C=O) groups is 1. The standard InChI is InChI=1S/C17H20FNO3/c1-3-17(10-14(20)21-4-2)16-11(8-9-22-17)15-12(18)6-5-7-13(15)19-16/h5-7,19H,3-4,8-10H2,1-2H3. The Kier molecular flexibility index (Phi) is 3.91. The molecule has 0 aliphatic carbocycles. The van der Waals surface area contributed by atoms with Gasteiger partial charge in [-0.05, 0) is 37.5 Å². The lowest BCUT2D eigenvalue weighted by molar-refractivity contribution is -0.154. The van der Waals surface area contributed by atoms with Crippen molar-refractivity contribution in [3.05, 3.63) is 35.3 Å². The fourth-order valence-electron chi connectivity index (χ4n) is 3.32. The second-order valence-corrected chi connectivity index (χ2v) is 5.57. The van der Waals surface area contributed by atoms with Crippen LogP contribution in [0, 0.1) is 5.82 Å². The predicted molar refractivity (Wildman–Crippen MR) is 81.1 cm³/mol. The molecule has 0 spiro atoms. The SMILES string of the molecule is CCOC(=O)CC1(CC)OCCc2c1[nH]c1cccc(F)c21. The monoisotopic (exact) mass is 305 g/mol. The number of fused-ring (bicyclic) bond motifs is 3. The molecule has 118 valence electrons. The molecule has 3 rings (SSSR count). The van der Waals surface area contributed by atoms with Gasteiger partial charge in [0.05, 0.1) is 25.3 Å². The molecule has 0 radical (unpaired) electrons. The van der Waals surface area contributed by atoms with Crippen LogP contribution in [0.4, 0.5) is 4.39 Å². The summed E-state index contributed by atoms with van der Waals surface area (Å²) in [5.41, 5.74) is 1.72. The van der Waals surface area contributed by atoms with Crippen molar-refractivity contribution in [2.24, 2.45) is 0 Å². The minimum Gasteiger partial charge on any atom is -0.466 e. The highest BCUT2D eigenvalue weighted by atomic mass is 19.1. The molecule has 2 aromatic rings. The average molecular weight is 305 g/mol. The molecule has 0 saturated heterocycles. The van der Waals surface area contributed by atoms with E-state index < -0.39 is 5.60 Å². The van der Waals surface area contributed by atoms with E-state index in [1.54, 1.807) is 13.0 Å². The summed E-state index contributed by atoms with van der Waals surface area (Å²) in [4.78, 5) is 15.3. The number of esters is 1. The van der Waals surface area contributed by atoms with Gasteiger partial charge in [0.1, 0.15) is 11.4 Å². The Bertz CT molecular complexity index is 709. The lowest BCUT2D eigenvalue weighted by Crippen LogP contribution is -2.37. The van der Waals surface area contributed by atoms with E-state index in [2.05, 4.69) is 4.98 Å². The zero-order valence-corrected chi connectivity index (χ0v) is 12.9. The topological polar surface area (TPSA) is 51.3 Å². The number of ether oxygens (including phenoxy) is 2. The van der Waals surface area contributed by atoms with Crippen LogP contribution in [-0.4, -0.2) is 24.2 Å². The molecule has 4 nitrogen and oxygen atoms in total. The van der Waals surface area contributed by atoms with Gasteiger partial charge in [-0.1, -0.05) is 13.0 Å². The van der Waals surface area contributed by atoms with E-state index in [0.717, 1.165) is 16.8 Å². The number of aromatic amines is 1. The van der Waals surface area contributed by atoms with Crippen molar-refractivity contribution in [1.29, 1.82) is 0 Å². The first kappa shape index (κ1) is 15.0. The van der Waals surface area contributed by atoms with E-state index in [0.29, 0.717) is 31.4 Å². The molecular formula is C17H20FNO3. The summed E-state index contributed by atoms with van der Waals surface area (Å²) in [6.07, 6.45) is 1.40. The zero-order valence-electron chi connectivity index (χ0n) is 12.9. The molecule has 1 aliphatic rings. The third-order valence-electron chi connectivity index (χ3n) is 4.37. The van der Waals surface area contributed by atoms with Crippen molar-refractivity contribution < 1.29 is 18.7 Å². The van der Waals surface area contributed by atoms with Crippen molar-refractivity contribution in [2.45, 2.75) is 38.7 Å². The fourth-order valence-corrected chi connectivity index (χ4v) is 3.32. The number of H-pyrrole nitrogens is 1. The molecule has 1 aliphatic heterocycles. The molecular weight excluding hydrogens is 285 g/mol. The Morgan fingerprint density at radius 3 is 3.00 bits per heavy atom. The van der Waals surface area contributed by atoms with Crippen molar-refractivity contribution in [1.82, 2.24) is 4.98 Å². The third kappa shape index (κ3) is 2.29. The molecule has 0 bridgehead atoms. The molecule has 1 N–H and O–H groups in total. The maximum Gasteiger partial charge on any atom is 0.309 e. The third-order valence-corrected chi connectivity index (χ3v) is 4.37. The number of hydrogen-bond donors (Lipinski definition) is 1. The molecule has 0 amide bonds. The van der Waals surface area contributed by atoms with Crippen molar-refractivity contribution in [2.75, 3.05) is 13.2 Å². The zero-order chi connectivity index (χ0) is 15.7. The highest BCUT2D eigenvalue weighted by Crippen LogP contribution is 2.42. The molecule has 1 aromatic carbocycles. The van der Waals surface area contributed by atoms with Gasteiger partial charge in [-0.3, -0.25) is 4.79 Å². The van der Waals surface area contributed by atoms with Crippen LogP contribution in [0.2, 0.25) is 0 Å². The smallest absolute Gasteiger partial charge is 0.309 e. The molecule has 22 heavy (non-hydrogen) atoms. The van der Waals surface area contributed by atoms with Crippen molar-refractivity contribution in [3.8, 4) is 0 Å². The van der Waals surface area contributed by atoms with Crippen LogP contribution in [0.25, 0.3) is 10.9 Å². The van der Waals surface area contributed by atoms with Gasteiger partial charge in [0.15, 0.2) is 0 Å². The second-order valence-electron chi connectivity index (χ2n) is 5.57. The van der Waals surface area contributed by atoms with Gasteiger partial charge in [-0.25, -0.2) is 4.39 Å². The minimum absolute atomic E-state index is 0.138. The van der Waals surface area contributed by atoms with Gasteiger partial charge >= 0.3 is 5.97 Å². The summed E-state index contributed by atoms with van der Waals surface area (Å²) in [6.45, 7) is 4.56. The maximum absolute atomic E-state index is 14.2. The summed E-state index contributed by atoms with van der Waals surface area (Å²) in [5.74, 6) is -0.533. The Morgan fingerprint density at radius 2 is 2.27 bits per heavy atom. The Morgan fingerprint density at radius 1 is 1.45 bits per heavy atom. The van der Waals surface area contributed by atoms with Crippen LogP contribution >= 0.6 is 0 Å². The number of nitrogens with one attached hydrogen (secondary N) is 1.